The van der Waals surface area contributed by atoms with Gasteiger partial charge in [0.2, 0.25) is 36.0 Å². The van der Waals surface area contributed by atoms with E-state index in [4.69, 9.17) is 48.0 Å². The first-order valence-corrected chi connectivity index (χ1v) is 22.5. The Morgan fingerprint density at radius 2 is 0.966 bits per heavy atom. The molecule has 10 rings (SSSR count). The first kappa shape index (κ1) is 43.2. The van der Waals surface area contributed by atoms with Crippen molar-refractivity contribution in [2.45, 2.75) is 186 Å². The number of hydrogen-bond acceptors (Lipinski definition) is 14. The number of amides is 2. The van der Waals surface area contributed by atoms with Crippen molar-refractivity contribution in [3.8, 4) is 0 Å². The third kappa shape index (κ3) is 8.18. The fraction of sp³-hybridized carbons (Fsp3) is 0.907. The van der Waals surface area contributed by atoms with E-state index in [1.165, 1.54) is 0 Å². The summed E-state index contributed by atoms with van der Waals surface area (Å²) in [4.78, 5) is 74.8. The molecule has 16 atom stereocenters. The minimum absolute atomic E-state index is 0.0108. The third-order valence-corrected chi connectivity index (χ3v) is 15.3. The highest BCUT2D eigenvalue weighted by molar-refractivity contribution is 5.77. The smallest absolute Gasteiger partial charge is 0.309 e. The van der Waals surface area contributed by atoms with Crippen molar-refractivity contribution in [3.05, 3.63) is 0 Å². The monoisotopic (exact) mass is 834 g/mol. The van der Waals surface area contributed by atoms with Gasteiger partial charge in [0, 0.05) is 62.4 Å². The lowest BCUT2D eigenvalue weighted by Gasteiger charge is -2.59. The zero-order valence-corrected chi connectivity index (χ0v) is 35.7. The first-order valence-electron chi connectivity index (χ1n) is 22.5. The summed E-state index contributed by atoms with van der Waals surface area (Å²) in [6.07, 6.45) is 6.62. The fourth-order valence-electron chi connectivity index (χ4n) is 11.9. The second-order valence-corrected chi connectivity index (χ2v) is 19.3. The van der Waals surface area contributed by atoms with Gasteiger partial charge < -0.3 is 39.1 Å². The summed E-state index contributed by atoms with van der Waals surface area (Å²) >= 11 is 0. The number of ether oxygens (including phenoxy) is 6. The molecule has 2 aliphatic carbocycles. The zero-order chi connectivity index (χ0) is 41.7. The summed E-state index contributed by atoms with van der Waals surface area (Å²) in [5, 5.41) is 5.59. The van der Waals surface area contributed by atoms with Gasteiger partial charge in [0.25, 0.3) is 0 Å². The molecule has 16 heteroatoms. The topological polar surface area (TPSA) is 185 Å². The summed E-state index contributed by atoms with van der Waals surface area (Å²) in [6, 6.07) is 0. The van der Waals surface area contributed by atoms with Crippen LogP contribution in [0.15, 0.2) is 0 Å². The van der Waals surface area contributed by atoms with Gasteiger partial charge in [0.15, 0.2) is 23.8 Å². The Morgan fingerprint density at radius 3 is 1.39 bits per heavy atom. The second-order valence-electron chi connectivity index (χ2n) is 19.3. The Bertz CT molecular complexity index is 1470. The van der Waals surface area contributed by atoms with E-state index in [0.717, 1.165) is 38.5 Å². The molecule has 10 aliphatic rings. The van der Waals surface area contributed by atoms with Crippen LogP contribution in [0.25, 0.3) is 0 Å². The highest BCUT2D eigenvalue weighted by Crippen LogP contribution is 2.62. The van der Waals surface area contributed by atoms with Gasteiger partial charge in [-0.3, -0.25) is 19.2 Å². The third-order valence-electron chi connectivity index (χ3n) is 15.3. The Kier molecular flexibility index (Phi) is 12.5. The number of fused-ring (bicyclic) bond motifs is 4. The molecule has 2 N–H and O–H groups in total. The SMILES string of the molecule is C[C@H]1[C@H](OC(=O)CCNC(=O)CCCCCC(=O)NCCC(=O)O[C@@H]2O[C@@H]3O[C@@]4(C)CC[C@H]5[C@H](C)CC[C@@H]([C@H]2C)[C@@]35OO4)O[C@@H]2O[C@@]3(C)CC[C@H]4[C@H](C)CC[C@@H]1[C@@]24OO3. The van der Waals surface area contributed by atoms with E-state index in [1.54, 1.807) is 0 Å². The summed E-state index contributed by atoms with van der Waals surface area (Å²) in [6.45, 7) is 12.6. The Balaban J connectivity index is 0.686. The molecule has 0 radical (unpaired) electrons. The van der Waals surface area contributed by atoms with Crippen LogP contribution in [0.2, 0.25) is 0 Å². The van der Waals surface area contributed by atoms with Crippen LogP contribution in [0.1, 0.15) is 138 Å². The van der Waals surface area contributed by atoms with Gasteiger partial charge in [0.1, 0.15) is 0 Å². The van der Waals surface area contributed by atoms with Crippen molar-refractivity contribution in [2.75, 3.05) is 13.1 Å². The number of hydrogen-bond donors (Lipinski definition) is 2. The number of carbonyl (C=O) groups excluding carboxylic acids is 4. The van der Waals surface area contributed by atoms with E-state index in [9.17, 15) is 19.2 Å². The molecule has 8 heterocycles. The number of carbonyl (C=O) groups is 4. The van der Waals surface area contributed by atoms with Crippen molar-refractivity contribution in [3.63, 3.8) is 0 Å². The molecule has 2 spiro atoms. The van der Waals surface area contributed by atoms with Crippen molar-refractivity contribution >= 4 is 23.8 Å². The lowest BCUT2D eigenvalue weighted by Crippen LogP contribution is -2.70. The molecule has 8 saturated heterocycles. The zero-order valence-electron chi connectivity index (χ0n) is 35.7. The number of esters is 2. The lowest BCUT2D eigenvalue weighted by molar-refractivity contribution is -0.576. The van der Waals surface area contributed by atoms with Crippen LogP contribution in [0.4, 0.5) is 0 Å². The molecule has 332 valence electrons. The Hall–Kier alpha value is -2.44. The molecule has 0 unspecified atom stereocenters. The van der Waals surface area contributed by atoms with E-state index in [-0.39, 0.29) is 86.1 Å². The molecule has 0 aromatic carbocycles. The molecule has 0 aromatic rings. The maximum absolute atomic E-state index is 12.9. The van der Waals surface area contributed by atoms with Crippen molar-refractivity contribution < 1.29 is 67.1 Å². The maximum Gasteiger partial charge on any atom is 0.309 e. The molecule has 2 saturated carbocycles. The average molecular weight is 835 g/mol. The highest BCUT2D eigenvalue weighted by atomic mass is 17.3. The molecular weight excluding hydrogens is 768 g/mol. The van der Waals surface area contributed by atoms with Gasteiger partial charge in [0.05, 0.1) is 12.8 Å². The van der Waals surface area contributed by atoms with Crippen LogP contribution in [0.5, 0.6) is 0 Å². The van der Waals surface area contributed by atoms with E-state index in [0.29, 0.717) is 43.9 Å². The molecule has 0 aromatic heterocycles. The minimum atomic E-state index is -0.911. The van der Waals surface area contributed by atoms with Crippen molar-refractivity contribution in [1.29, 1.82) is 0 Å². The number of rotatable bonds is 14. The predicted molar refractivity (Wildman–Crippen MR) is 204 cm³/mol. The van der Waals surface area contributed by atoms with Crippen LogP contribution < -0.4 is 10.6 Å². The Morgan fingerprint density at radius 1 is 0.542 bits per heavy atom. The second kappa shape index (κ2) is 17.0. The van der Waals surface area contributed by atoms with Crippen LogP contribution in [-0.2, 0) is 67.1 Å². The number of unbranched alkanes of at least 4 members (excludes halogenated alkanes) is 2. The molecular formula is C43H66N2O14. The van der Waals surface area contributed by atoms with E-state index < -0.39 is 59.9 Å². The van der Waals surface area contributed by atoms with Gasteiger partial charge in [-0.2, -0.15) is 0 Å². The van der Waals surface area contributed by atoms with Gasteiger partial charge in [-0.25, -0.2) is 19.6 Å². The van der Waals surface area contributed by atoms with Crippen molar-refractivity contribution in [2.24, 2.45) is 47.3 Å². The quantitative estimate of drug-likeness (QED) is 0.128. The predicted octanol–water partition coefficient (Wildman–Crippen LogP) is 5.45. The first-order chi connectivity index (χ1) is 28.2. The van der Waals surface area contributed by atoms with Crippen LogP contribution in [0, 0.1) is 47.3 Å². The van der Waals surface area contributed by atoms with E-state index in [2.05, 4.69) is 24.5 Å². The lowest BCUT2D eigenvalue weighted by atomic mass is 9.58. The maximum atomic E-state index is 12.9. The Labute approximate surface area is 347 Å². The van der Waals surface area contributed by atoms with Crippen molar-refractivity contribution in [1.82, 2.24) is 10.6 Å². The molecule has 59 heavy (non-hydrogen) atoms. The molecule has 10 fully saturated rings. The normalized spacial score (nSPS) is 45.5. The summed E-state index contributed by atoms with van der Waals surface area (Å²) in [5.74, 6) is -1.92. The summed E-state index contributed by atoms with van der Waals surface area (Å²) < 4.78 is 37.0. The fourth-order valence-corrected chi connectivity index (χ4v) is 11.9. The van der Waals surface area contributed by atoms with E-state index in [1.807, 2.05) is 27.7 Å². The molecule has 4 bridgehead atoms. The van der Waals surface area contributed by atoms with Gasteiger partial charge in [-0.1, -0.05) is 34.1 Å². The standard InChI is InChI=1S/C43H66N2O14/c1-24-12-14-30-26(3)36(52-38-42(30)28(24)16-20-40(5,54-38)56-58-42)50-34(48)18-22-44-32(46)10-8-7-9-11-33(47)45-23-19-35(49)51-37-27(4)31-15-13-25(2)29-17-21-41(6)55-39(53-37)43(29,31)59-57-41/h24-31,36-39H,7-23H2,1-6H3,(H,44,46)(H,45,47)/t24-,25-,26-,27-,28+,29+,30+,31+,36-,37-,38-,39-,40-,41-,42-,43-/m1/s1. The molecule has 8 aliphatic heterocycles. The molecule has 2 amide bonds. The highest BCUT2D eigenvalue weighted by Gasteiger charge is 2.71. The minimum Gasteiger partial charge on any atom is -0.435 e. The van der Waals surface area contributed by atoms with E-state index >= 15 is 0 Å². The summed E-state index contributed by atoms with van der Waals surface area (Å²) in [5.41, 5.74) is -1.46. The van der Waals surface area contributed by atoms with Crippen LogP contribution >= 0.6 is 0 Å². The average Bonchev–Trinajstić information content (AvgIpc) is 3.57. The van der Waals surface area contributed by atoms with Crippen LogP contribution in [0.3, 0.4) is 0 Å². The van der Waals surface area contributed by atoms with Gasteiger partial charge >= 0.3 is 11.9 Å². The number of nitrogens with one attached hydrogen (secondary N) is 2. The molecule has 16 nitrogen and oxygen atoms in total. The summed E-state index contributed by atoms with van der Waals surface area (Å²) in [7, 11) is 0. The van der Waals surface area contributed by atoms with Crippen LogP contribution in [-0.4, -0.2) is 84.8 Å². The van der Waals surface area contributed by atoms with Gasteiger partial charge in [-0.05, 0) is 88.9 Å². The largest absolute Gasteiger partial charge is 0.435 e. The van der Waals surface area contributed by atoms with Gasteiger partial charge in [-0.15, -0.1) is 0 Å².